The van der Waals surface area contributed by atoms with E-state index in [1.54, 1.807) is 6.20 Å². The molecule has 2 N–H and O–H groups in total. The zero-order valence-electron chi connectivity index (χ0n) is 7.29. The van der Waals surface area contributed by atoms with E-state index < -0.39 is 0 Å². The van der Waals surface area contributed by atoms with Gasteiger partial charge >= 0.3 is 0 Å². The maximum atomic E-state index is 9.55. The van der Waals surface area contributed by atoms with Gasteiger partial charge in [0.1, 0.15) is 4.64 Å². The van der Waals surface area contributed by atoms with Crippen LogP contribution in [0.15, 0.2) is 12.3 Å². The van der Waals surface area contributed by atoms with Crippen LogP contribution >= 0.6 is 12.2 Å². The molecule has 0 amide bonds. The van der Waals surface area contributed by atoms with Crippen LogP contribution < -0.4 is 0 Å². The normalized spacial score (nSPS) is 12.9. The summed E-state index contributed by atoms with van der Waals surface area (Å²) in [6, 6.07) is 1.86. The molecule has 1 heterocycles. The lowest BCUT2D eigenvalue weighted by atomic mass is 10.1. The average Bonchev–Trinajstić information content (AvgIpc) is 2.03. The van der Waals surface area contributed by atoms with Gasteiger partial charge in [0.15, 0.2) is 0 Å². The van der Waals surface area contributed by atoms with E-state index in [1.807, 2.05) is 19.9 Å². The molecular weight excluding hydrogens is 170 g/mol. The van der Waals surface area contributed by atoms with Crippen molar-refractivity contribution in [3.8, 4) is 0 Å². The minimum absolute atomic E-state index is 0.378. The Morgan fingerprint density at radius 1 is 1.67 bits per heavy atom. The molecule has 0 saturated heterocycles. The van der Waals surface area contributed by atoms with Gasteiger partial charge in [0.05, 0.1) is 6.10 Å². The molecule has 3 heteroatoms. The van der Waals surface area contributed by atoms with Crippen molar-refractivity contribution in [3.05, 3.63) is 28.0 Å². The Kier molecular flexibility index (Phi) is 3.00. The summed E-state index contributed by atoms with van der Waals surface area (Å²) in [5.74, 6) is 0. The Morgan fingerprint density at radius 2 is 2.33 bits per heavy atom. The molecule has 0 fully saturated rings. The van der Waals surface area contributed by atoms with Gasteiger partial charge in [-0.05, 0) is 30.5 Å². The summed E-state index contributed by atoms with van der Waals surface area (Å²) in [6.45, 7) is 3.91. The van der Waals surface area contributed by atoms with Gasteiger partial charge < -0.3 is 10.1 Å². The average molecular weight is 183 g/mol. The van der Waals surface area contributed by atoms with E-state index in [0.717, 1.165) is 17.5 Å². The molecule has 0 unspecified atom stereocenters. The number of rotatable bonds is 2. The fraction of sp³-hybridized carbons (Fsp3) is 0.444. The highest BCUT2D eigenvalue weighted by Gasteiger charge is 2.06. The summed E-state index contributed by atoms with van der Waals surface area (Å²) in [6.07, 6.45) is 2.13. The standard InChI is InChI=1S/C9H13NOS/c1-3-8(11)7-5-10-9(12)4-6(7)2/h4-5,8,11H,3H2,1-2H3,(H,10,12)/t8-/m0/s1. The first kappa shape index (κ1) is 9.42. The Hall–Kier alpha value is -0.670. The summed E-state index contributed by atoms with van der Waals surface area (Å²) in [4.78, 5) is 2.91. The van der Waals surface area contributed by atoms with Crippen molar-refractivity contribution in [2.24, 2.45) is 0 Å². The fourth-order valence-electron chi connectivity index (χ4n) is 1.16. The monoisotopic (exact) mass is 183 g/mol. The minimum Gasteiger partial charge on any atom is -0.388 e. The predicted octanol–water partition coefficient (Wildman–Crippen LogP) is 2.50. The summed E-state index contributed by atoms with van der Waals surface area (Å²) >= 11 is 4.94. The van der Waals surface area contributed by atoms with Crippen LogP contribution in [-0.2, 0) is 0 Å². The Labute approximate surface area is 77.3 Å². The Balaban J connectivity index is 3.09. The van der Waals surface area contributed by atoms with Crippen molar-refractivity contribution >= 4 is 12.2 Å². The number of pyridine rings is 1. The number of aliphatic hydroxyl groups is 1. The van der Waals surface area contributed by atoms with Crippen molar-refractivity contribution in [2.45, 2.75) is 26.4 Å². The van der Waals surface area contributed by atoms with Gasteiger partial charge in [-0.15, -0.1) is 0 Å². The first-order chi connectivity index (χ1) is 5.65. The first-order valence-electron chi connectivity index (χ1n) is 4.02. The van der Waals surface area contributed by atoms with E-state index in [4.69, 9.17) is 12.2 Å². The van der Waals surface area contributed by atoms with E-state index in [9.17, 15) is 5.11 Å². The van der Waals surface area contributed by atoms with Gasteiger partial charge in [0.2, 0.25) is 0 Å². The largest absolute Gasteiger partial charge is 0.388 e. The minimum atomic E-state index is -0.378. The van der Waals surface area contributed by atoms with Crippen LogP contribution in [0.5, 0.6) is 0 Å². The van der Waals surface area contributed by atoms with E-state index in [-0.39, 0.29) is 6.10 Å². The summed E-state index contributed by atoms with van der Waals surface area (Å²) in [5.41, 5.74) is 1.99. The molecule has 0 bridgehead atoms. The molecule has 2 nitrogen and oxygen atoms in total. The molecule has 0 saturated carbocycles. The van der Waals surface area contributed by atoms with Gasteiger partial charge in [-0.3, -0.25) is 0 Å². The number of aryl methyl sites for hydroxylation is 1. The highest BCUT2D eigenvalue weighted by Crippen LogP contribution is 2.18. The molecular formula is C9H13NOS. The van der Waals surface area contributed by atoms with Crippen LogP contribution in [0.4, 0.5) is 0 Å². The number of H-pyrrole nitrogens is 1. The van der Waals surface area contributed by atoms with Crippen LogP contribution in [0.2, 0.25) is 0 Å². The van der Waals surface area contributed by atoms with Crippen molar-refractivity contribution in [2.75, 3.05) is 0 Å². The Morgan fingerprint density at radius 3 is 2.83 bits per heavy atom. The van der Waals surface area contributed by atoms with E-state index in [0.29, 0.717) is 4.64 Å². The van der Waals surface area contributed by atoms with Crippen molar-refractivity contribution in [3.63, 3.8) is 0 Å². The number of aromatic amines is 1. The van der Waals surface area contributed by atoms with Gasteiger partial charge in [-0.1, -0.05) is 19.1 Å². The zero-order valence-corrected chi connectivity index (χ0v) is 8.11. The smallest absolute Gasteiger partial charge is 0.103 e. The van der Waals surface area contributed by atoms with Crippen molar-refractivity contribution in [1.29, 1.82) is 0 Å². The topological polar surface area (TPSA) is 36.0 Å². The van der Waals surface area contributed by atoms with Crippen molar-refractivity contribution < 1.29 is 5.11 Å². The maximum Gasteiger partial charge on any atom is 0.103 e. The van der Waals surface area contributed by atoms with E-state index >= 15 is 0 Å². The second kappa shape index (κ2) is 3.83. The SMILES string of the molecule is CC[C@H](O)c1c[nH]c(=S)cc1C. The van der Waals surface area contributed by atoms with Gasteiger partial charge in [-0.25, -0.2) is 0 Å². The summed E-state index contributed by atoms with van der Waals surface area (Å²) in [7, 11) is 0. The highest BCUT2D eigenvalue weighted by atomic mass is 32.1. The third-order valence-corrected chi connectivity index (χ3v) is 2.15. The second-order valence-corrected chi connectivity index (χ2v) is 3.30. The second-order valence-electron chi connectivity index (χ2n) is 2.86. The molecule has 0 aliphatic carbocycles. The van der Waals surface area contributed by atoms with E-state index in [2.05, 4.69) is 4.98 Å². The molecule has 0 spiro atoms. The van der Waals surface area contributed by atoms with Gasteiger partial charge in [-0.2, -0.15) is 0 Å². The lowest BCUT2D eigenvalue weighted by molar-refractivity contribution is 0.172. The highest BCUT2D eigenvalue weighted by molar-refractivity contribution is 7.71. The van der Waals surface area contributed by atoms with Crippen LogP contribution in [-0.4, -0.2) is 10.1 Å². The molecule has 12 heavy (non-hydrogen) atoms. The molecule has 66 valence electrons. The molecule has 1 aromatic rings. The quantitative estimate of drug-likeness (QED) is 0.691. The number of hydrogen-bond donors (Lipinski definition) is 2. The third-order valence-electron chi connectivity index (χ3n) is 1.92. The summed E-state index contributed by atoms with van der Waals surface area (Å²) < 4.78 is 0.708. The lowest BCUT2D eigenvalue weighted by Crippen LogP contribution is -1.98. The molecule has 1 atom stereocenters. The van der Waals surface area contributed by atoms with E-state index in [1.165, 1.54) is 0 Å². The molecule has 1 aromatic heterocycles. The molecule has 0 aromatic carbocycles. The maximum absolute atomic E-state index is 9.55. The molecule has 1 rings (SSSR count). The predicted molar refractivity (Wildman–Crippen MR) is 51.6 cm³/mol. The third kappa shape index (κ3) is 1.93. The Bertz CT molecular complexity index is 319. The van der Waals surface area contributed by atoms with Gasteiger partial charge in [0.25, 0.3) is 0 Å². The zero-order chi connectivity index (χ0) is 9.14. The van der Waals surface area contributed by atoms with Gasteiger partial charge in [0, 0.05) is 6.20 Å². The molecule has 0 aliphatic rings. The van der Waals surface area contributed by atoms with Crippen LogP contribution in [0.3, 0.4) is 0 Å². The van der Waals surface area contributed by atoms with Crippen LogP contribution in [0, 0.1) is 11.6 Å². The number of aromatic nitrogens is 1. The number of hydrogen-bond acceptors (Lipinski definition) is 2. The summed E-state index contributed by atoms with van der Waals surface area (Å²) in [5, 5.41) is 9.55. The number of aliphatic hydroxyl groups excluding tert-OH is 1. The number of nitrogens with one attached hydrogen (secondary N) is 1. The van der Waals surface area contributed by atoms with Crippen LogP contribution in [0.25, 0.3) is 0 Å². The molecule has 0 aliphatic heterocycles. The fourth-order valence-corrected chi connectivity index (χ4v) is 1.40. The van der Waals surface area contributed by atoms with Crippen molar-refractivity contribution in [1.82, 2.24) is 4.98 Å². The molecule has 0 radical (unpaired) electrons. The lowest BCUT2D eigenvalue weighted by Gasteiger charge is -2.10. The first-order valence-corrected chi connectivity index (χ1v) is 4.43. The van der Waals surface area contributed by atoms with Crippen LogP contribution in [0.1, 0.15) is 30.6 Å².